The van der Waals surface area contributed by atoms with Crippen molar-refractivity contribution in [1.82, 2.24) is 15.1 Å². The SMILES string of the molecule is CCN(C)CCNC1CCCN(C(C)C)CC1. The molecule has 0 aromatic carbocycles. The smallest absolute Gasteiger partial charge is 0.0104 e. The lowest BCUT2D eigenvalue weighted by molar-refractivity contribution is 0.228. The molecule has 0 saturated carbocycles. The van der Waals surface area contributed by atoms with Crippen molar-refractivity contribution in [3.8, 4) is 0 Å². The number of hydrogen-bond acceptors (Lipinski definition) is 3. The van der Waals surface area contributed by atoms with Crippen molar-refractivity contribution >= 4 is 0 Å². The summed E-state index contributed by atoms with van der Waals surface area (Å²) >= 11 is 0. The lowest BCUT2D eigenvalue weighted by atomic mass is 10.1. The second-order valence-electron chi connectivity index (χ2n) is 5.61. The Morgan fingerprint density at radius 3 is 2.71 bits per heavy atom. The number of rotatable bonds is 6. The van der Waals surface area contributed by atoms with E-state index < -0.39 is 0 Å². The first-order valence-electron chi connectivity index (χ1n) is 7.29. The van der Waals surface area contributed by atoms with Gasteiger partial charge in [0.1, 0.15) is 0 Å². The highest BCUT2D eigenvalue weighted by molar-refractivity contribution is 4.76. The third-order valence-electron chi connectivity index (χ3n) is 3.96. The molecule has 0 aliphatic carbocycles. The van der Waals surface area contributed by atoms with E-state index in [1.165, 1.54) is 38.9 Å². The van der Waals surface area contributed by atoms with Crippen LogP contribution in [-0.4, -0.2) is 61.7 Å². The van der Waals surface area contributed by atoms with Crippen molar-refractivity contribution in [1.29, 1.82) is 0 Å². The van der Waals surface area contributed by atoms with Gasteiger partial charge in [0.15, 0.2) is 0 Å². The van der Waals surface area contributed by atoms with E-state index in [0.717, 1.165) is 19.1 Å². The average Bonchev–Trinajstić information content (AvgIpc) is 2.54. The number of hydrogen-bond donors (Lipinski definition) is 1. The van der Waals surface area contributed by atoms with Gasteiger partial charge in [-0.3, -0.25) is 0 Å². The van der Waals surface area contributed by atoms with Gasteiger partial charge in [0.05, 0.1) is 0 Å². The zero-order valence-electron chi connectivity index (χ0n) is 12.2. The highest BCUT2D eigenvalue weighted by Gasteiger charge is 2.17. The zero-order valence-corrected chi connectivity index (χ0v) is 12.2. The summed E-state index contributed by atoms with van der Waals surface area (Å²) < 4.78 is 0. The van der Waals surface area contributed by atoms with Crippen LogP contribution in [-0.2, 0) is 0 Å². The summed E-state index contributed by atoms with van der Waals surface area (Å²) in [5.74, 6) is 0. The minimum absolute atomic E-state index is 0.708. The topological polar surface area (TPSA) is 18.5 Å². The summed E-state index contributed by atoms with van der Waals surface area (Å²) in [6, 6.07) is 1.45. The van der Waals surface area contributed by atoms with Crippen molar-refractivity contribution in [2.45, 2.75) is 52.1 Å². The van der Waals surface area contributed by atoms with Crippen LogP contribution in [0.4, 0.5) is 0 Å². The second-order valence-corrected chi connectivity index (χ2v) is 5.61. The summed E-state index contributed by atoms with van der Waals surface area (Å²) in [5.41, 5.74) is 0. The lowest BCUT2D eigenvalue weighted by Crippen LogP contribution is -2.37. The molecule has 0 bridgehead atoms. The van der Waals surface area contributed by atoms with Gasteiger partial charge >= 0.3 is 0 Å². The van der Waals surface area contributed by atoms with Crippen molar-refractivity contribution in [3.63, 3.8) is 0 Å². The molecule has 3 heteroatoms. The summed E-state index contributed by atoms with van der Waals surface area (Å²) in [6.45, 7) is 12.8. The Labute approximate surface area is 108 Å². The Bertz CT molecular complexity index is 194. The quantitative estimate of drug-likeness (QED) is 0.765. The fraction of sp³-hybridized carbons (Fsp3) is 1.00. The van der Waals surface area contributed by atoms with E-state index in [2.05, 4.69) is 42.9 Å². The third-order valence-corrected chi connectivity index (χ3v) is 3.96. The minimum atomic E-state index is 0.708. The lowest BCUT2D eigenvalue weighted by Gasteiger charge is -2.24. The van der Waals surface area contributed by atoms with Crippen molar-refractivity contribution in [2.75, 3.05) is 39.8 Å². The maximum absolute atomic E-state index is 3.72. The molecule has 1 saturated heterocycles. The van der Waals surface area contributed by atoms with Gasteiger partial charge in [-0.05, 0) is 59.8 Å². The van der Waals surface area contributed by atoms with Gasteiger partial charge in [0.2, 0.25) is 0 Å². The van der Waals surface area contributed by atoms with Gasteiger partial charge in [-0.2, -0.15) is 0 Å². The van der Waals surface area contributed by atoms with Crippen molar-refractivity contribution < 1.29 is 0 Å². The van der Waals surface area contributed by atoms with Crippen LogP contribution in [0, 0.1) is 0 Å². The molecule has 1 unspecified atom stereocenters. The molecule has 1 aliphatic heterocycles. The number of likely N-dealkylation sites (tertiary alicyclic amines) is 1. The summed E-state index contributed by atoms with van der Waals surface area (Å²) in [7, 11) is 2.19. The number of nitrogens with zero attached hydrogens (tertiary/aromatic N) is 2. The van der Waals surface area contributed by atoms with Crippen molar-refractivity contribution in [3.05, 3.63) is 0 Å². The molecule has 0 radical (unpaired) electrons. The van der Waals surface area contributed by atoms with Crippen LogP contribution < -0.4 is 5.32 Å². The summed E-state index contributed by atoms with van der Waals surface area (Å²) in [6.07, 6.45) is 4.01. The van der Waals surface area contributed by atoms with E-state index in [4.69, 9.17) is 0 Å². The predicted molar refractivity (Wildman–Crippen MR) is 75.5 cm³/mol. The molecule has 0 aromatic rings. The van der Waals surface area contributed by atoms with Gasteiger partial charge < -0.3 is 15.1 Å². The average molecular weight is 241 g/mol. The molecule has 0 amide bonds. The maximum Gasteiger partial charge on any atom is 0.0104 e. The highest BCUT2D eigenvalue weighted by Crippen LogP contribution is 2.13. The van der Waals surface area contributed by atoms with E-state index in [1.54, 1.807) is 0 Å². The fourth-order valence-corrected chi connectivity index (χ4v) is 2.46. The van der Waals surface area contributed by atoms with Crippen LogP contribution in [0.2, 0.25) is 0 Å². The van der Waals surface area contributed by atoms with Crippen molar-refractivity contribution in [2.24, 2.45) is 0 Å². The summed E-state index contributed by atoms with van der Waals surface area (Å²) in [5, 5.41) is 3.72. The van der Waals surface area contributed by atoms with Crippen LogP contribution in [0.5, 0.6) is 0 Å². The highest BCUT2D eigenvalue weighted by atomic mass is 15.2. The summed E-state index contributed by atoms with van der Waals surface area (Å²) in [4.78, 5) is 4.98. The Balaban J connectivity index is 2.18. The van der Waals surface area contributed by atoms with Crippen LogP contribution in [0.1, 0.15) is 40.0 Å². The largest absolute Gasteiger partial charge is 0.313 e. The monoisotopic (exact) mass is 241 g/mol. The standard InChI is InChI=1S/C14H31N3/c1-5-16(4)12-9-15-14-7-6-10-17(11-8-14)13(2)3/h13-15H,5-12H2,1-4H3. The molecule has 1 atom stereocenters. The number of likely N-dealkylation sites (N-methyl/N-ethyl adjacent to an activating group) is 1. The number of nitrogens with one attached hydrogen (secondary N) is 1. The fourth-order valence-electron chi connectivity index (χ4n) is 2.46. The van der Waals surface area contributed by atoms with Crippen LogP contribution in [0.15, 0.2) is 0 Å². The third kappa shape index (κ3) is 5.84. The molecule has 1 N–H and O–H groups in total. The van der Waals surface area contributed by atoms with Crippen LogP contribution >= 0.6 is 0 Å². The van der Waals surface area contributed by atoms with Gasteiger partial charge in [-0.15, -0.1) is 0 Å². The van der Waals surface area contributed by atoms with E-state index in [-0.39, 0.29) is 0 Å². The molecule has 3 nitrogen and oxygen atoms in total. The minimum Gasteiger partial charge on any atom is -0.313 e. The molecule has 102 valence electrons. The second kappa shape index (κ2) is 8.06. The maximum atomic E-state index is 3.72. The van der Waals surface area contributed by atoms with Gasteiger partial charge in [0.25, 0.3) is 0 Å². The van der Waals surface area contributed by atoms with E-state index in [9.17, 15) is 0 Å². The Hall–Kier alpha value is -0.120. The van der Waals surface area contributed by atoms with E-state index in [1.807, 2.05) is 0 Å². The van der Waals surface area contributed by atoms with Gasteiger partial charge in [-0.25, -0.2) is 0 Å². The van der Waals surface area contributed by atoms with Gasteiger partial charge in [-0.1, -0.05) is 6.92 Å². The first-order valence-corrected chi connectivity index (χ1v) is 7.29. The molecule has 0 spiro atoms. The zero-order chi connectivity index (χ0) is 12.7. The van der Waals surface area contributed by atoms with E-state index in [0.29, 0.717) is 6.04 Å². The molecule has 17 heavy (non-hydrogen) atoms. The normalized spacial score (nSPS) is 23.3. The molecule has 0 aromatic heterocycles. The Morgan fingerprint density at radius 1 is 1.29 bits per heavy atom. The first kappa shape index (κ1) is 14.9. The molecular formula is C14H31N3. The van der Waals surface area contributed by atoms with E-state index >= 15 is 0 Å². The first-order chi connectivity index (χ1) is 8.13. The molecule has 1 rings (SSSR count). The Kier molecular flexibility index (Phi) is 7.09. The van der Waals surface area contributed by atoms with Gasteiger partial charge in [0, 0.05) is 25.2 Å². The molecule has 1 heterocycles. The predicted octanol–water partition coefficient (Wildman–Crippen LogP) is 1.79. The molecular weight excluding hydrogens is 210 g/mol. The Morgan fingerprint density at radius 2 is 2.06 bits per heavy atom. The van der Waals surface area contributed by atoms with Crippen LogP contribution in [0.25, 0.3) is 0 Å². The molecule has 1 fully saturated rings. The van der Waals surface area contributed by atoms with Crippen LogP contribution in [0.3, 0.4) is 0 Å². The molecule has 1 aliphatic rings.